The van der Waals surface area contributed by atoms with Gasteiger partial charge in [-0.1, -0.05) is 56.3 Å². The van der Waals surface area contributed by atoms with Crippen LogP contribution in [-0.2, 0) is 5.41 Å². The number of aryl methyl sites for hydroxylation is 1. The number of rotatable bonds is 6. The van der Waals surface area contributed by atoms with E-state index in [1.54, 1.807) is 0 Å². The van der Waals surface area contributed by atoms with Crippen molar-refractivity contribution in [2.24, 2.45) is 5.16 Å². The van der Waals surface area contributed by atoms with Gasteiger partial charge in [0.05, 0.1) is 6.21 Å². The lowest BCUT2D eigenvalue weighted by Crippen LogP contribution is -2.17. The average Bonchev–Trinajstić information content (AvgIpc) is 2.53. The van der Waals surface area contributed by atoms with E-state index in [1.165, 1.54) is 11.8 Å². The standard InChI is InChI=1S/C20H25NO3/c1-15-8-7-10-17(20(2,3)4)19(15)24-13-12-23-18-11-6-5-9-16(18)14-21-22/h5-11,14,22H,12-13H2,1-4H3. The Kier molecular flexibility index (Phi) is 5.85. The van der Waals surface area contributed by atoms with Gasteiger partial charge in [0, 0.05) is 5.56 Å². The first kappa shape index (κ1) is 17.9. The van der Waals surface area contributed by atoms with Gasteiger partial charge in [-0.2, -0.15) is 0 Å². The van der Waals surface area contributed by atoms with Crippen LogP contribution in [0.2, 0.25) is 0 Å². The number of oxime groups is 1. The molecule has 0 heterocycles. The second-order valence-corrected chi connectivity index (χ2v) is 6.68. The zero-order chi connectivity index (χ0) is 17.6. The molecule has 128 valence electrons. The van der Waals surface area contributed by atoms with Crippen LogP contribution in [0.1, 0.15) is 37.5 Å². The molecule has 0 radical (unpaired) electrons. The SMILES string of the molecule is Cc1cccc(C(C)(C)C)c1OCCOc1ccccc1C=NO. The molecule has 0 aromatic heterocycles. The second-order valence-electron chi connectivity index (χ2n) is 6.68. The molecule has 0 saturated carbocycles. The first-order valence-electron chi connectivity index (χ1n) is 8.05. The molecule has 24 heavy (non-hydrogen) atoms. The summed E-state index contributed by atoms with van der Waals surface area (Å²) >= 11 is 0. The Morgan fingerprint density at radius 3 is 2.42 bits per heavy atom. The van der Waals surface area contributed by atoms with Crippen LogP contribution in [0.5, 0.6) is 11.5 Å². The molecule has 0 saturated heterocycles. The molecule has 2 aromatic carbocycles. The first-order valence-corrected chi connectivity index (χ1v) is 8.05. The Morgan fingerprint density at radius 2 is 1.71 bits per heavy atom. The molecule has 0 spiro atoms. The fourth-order valence-electron chi connectivity index (χ4n) is 2.51. The third-order valence-electron chi connectivity index (χ3n) is 3.72. The van der Waals surface area contributed by atoms with Crippen LogP contribution in [0.15, 0.2) is 47.6 Å². The van der Waals surface area contributed by atoms with Gasteiger partial charge in [-0.25, -0.2) is 0 Å². The van der Waals surface area contributed by atoms with Crippen LogP contribution >= 0.6 is 0 Å². The summed E-state index contributed by atoms with van der Waals surface area (Å²) in [5.41, 5.74) is 3.06. The summed E-state index contributed by atoms with van der Waals surface area (Å²) in [5, 5.41) is 11.7. The molecule has 0 atom stereocenters. The van der Waals surface area contributed by atoms with Crippen molar-refractivity contribution in [1.82, 2.24) is 0 Å². The third-order valence-corrected chi connectivity index (χ3v) is 3.72. The molecule has 1 N–H and O–H groups in total. The molecular formula is C20H25NO3. The highest BCUT2D eigenvalue weighted by atomic mass is 16.5. The molecule has 0 aliphatic heterocycles. The quantitative estimate of drug-likeness (QED) is 0.366. The summed E-state index contributed by atoms with van der Waals surface area (Å²) in [7, 11) is 0. The molecule has 0 aliphatic rings. The van der Waals surface area contributed by atoms with Crippen molar-refractivity contribution >= 4 is 6.21 Å². The lowest BCUT2D eigenvalue weighted by molar-refractivity contribution is 0.213. The summed E-state index contributed by atoms with van der Waals surface area (Å²) in [4.78, 5) is 0. The zero-order valence-corrected chi connectivity index (χ0v) is 14.7. The van der Waals surface area contributed by atoms with Crippen LogP contribution in [-0.4, -0.2) is 24.6 Å². The van der Waals surface area contributed by atoms with Crippen LogP contribution in [0.3, 0.4) is 0 Å². The number of hydrogen-bond acceptors (Lipinski definition) is 4. The fraction of sp³-hybridized carbons (Fsp3) is 0.350. The van der Waals surface area contributed by atoms with Crippen LogP contribution in [0, 0.1) is 6.92 Å². The van der Waals surface area contributed by atoms with Crippen molar-refractivity contribution in [2.75, 3.05) is 13.2 Å². The molecule has 0 aliphatic carbocycles. The van der Waals surface area contributed by atoms with Crippen molar-refractivity contribution in [2.45, 2.75) is 33.1 Å². The molecule has 0 fully saturated rings. The third kappa shape index (κ3) is 4.51. The summed E-state index contributed by atoms with van der Waals surface area (Å²) in [5.74, 6) is 1.60. The normalized spacial score (nSPS) is 11.7. The van der Waals surface area contributed by atoms with E-state index in [-0.39, 0.29) is 5.41 Å². The zero-order valence-electron chi connectivity index (χ0n) is 14.7. The largest absolute Gasteiger partial charge is 0.489 e. The van der Waals surface area contributed by atoms with Gasteiger partial charge in [-0.3, -0.25) is 0 Å². The molecular weight excluding hydrogens is 302 g/mol. The number of hydrogen-bond donors (Lipinski definition) is 1. The Balaban J connectivity index is 2.01. The number of benzene rings is 2. The van der Waals surface area contributed by atoms with E-state index in [2.05, 4.69) is 51.0 Å². The van der Waals surface area contributed by atoms with Crippen LogP contribution in [0.4, 0.5) is 0 Å². The van der Waals surface area contributed by atoms with Gasteiger partial charge >= 0.3 is 0 Å². The predicted octanol–water partition coefficient (Wildman–Crippen LogP) is 4.56. The Hall–Kier alpha value is -2.49. The predicted molar refractivity (Wildman–Crippen MR) is 96.7 cm³/mol. The minimum Gasteiger partial charge on any atom is -0.489 e. The van der Waals surface area contributed by atoms with Gasteiger partial charge in [0.1, 0.15) is 24.7 Å². The van der Waals surface area contributed by atoms with Crippen molar-refractivity contribution in [3.8, 4) is 11.5 Å². The number of nitrogens with zero attached hydrogens (tertiary/aromatic N) is 1. The van der Waals surface area contributed by atoms with Gasteiger partial charge in [-0.05, 0) is 35.6 Å². The smallest absolute Gasteiger partial charge is 0.128 e. The van der Waals surface area contributed by atoms with Gasteiger partial charge in [0.15, 0.2) is 0 Å². The highest BCUT2D eigenvalue weighted by Gasteiger charge is 2.20. The molecule has 2 rings (SSSR count). The topological polar surface area (TPSA) is 51.0 Å². The summed E-state index contributed by atoms with van der Waals surface area (Å²) in [6.07, 6.45) is 1.36. The van der Waals surface area contributed by atoms with E-state index >= 15 is 0 Å². The number of para-hydroxylation sites is 2. The maximum atomic E-state index is 8.69. The second kappa shape index (κ2) is 7.86. The highest BCUT2D eigenvalue weighted by Crippen LogP contribution is 2.33. The first-order chi connectivity index (χ1) is 11.4. The molecule has 2 aromatic rings. The Labute approximate surface area is 143 Å². The fourth-order valence-corrected chi connectivity index (χ4v) is 2.51. The minimum atomic E-state index is 0.0202. The molecule has 4 heteroatoms. The van der Waals surface area contributed by atoms with E-state index in [0.29, 0.717) is 19.0 Å². The van der Waals surface area contributed by atoms with Crippen LogP contribution < -0.4 is 9.47 Å². The van der Waals surface area contributed by atoms with Gasteiger partial charge in [0.25, 0.3) is 0 Å². The minimum absolute atomic E-state index is 0.0202. The van der Waals surface area contributed by atoms with Crippen molar-refractivity contribution in [3.63, 3.8) is 0 Å². The van der Waals surface area contributed by atoms with Gasteiger partial charge in [-0.15, -0.1) is 0 Å². The summed E-state index contributed by atoms with van der Waals surface area (Å²) < 4.78 is 11.8. The van der Waals surface area contributed by atoms with E-state index < -0.39 is 0 Å². The van der Waals surface area contributed by atoms with E-state index in [1.807, 2.05) is 24.3 Å². The highest BCUT2D eigenvalue weighted by molar-refractivity contribution is 5.82. The van der Waals surface area contributed by atoms with Crippen molar-refractivity contribution < 1.29 is 14.7 Å². The Morgan fingerprint density at radius 1 is 1.00 bits per heavy atom. The number of ether oxygens (including phenoxy) is 2. The maximum Gasteiger partial charge on any atom is 0.128 e. The van der Waals surface area contributed by atoms with Crippen molar-refractivity contribution in [1.29, 1.82) is 0 Å². The van der Waals surface area contributed by atoms with E-state index in [9.17, 15) is 0 Å². The van der Waals surface area contributed by atoms with E-state index in [4.69, 9.17) is 14.7 Å². The van der Waals surface area contributed by atoms with Crippen molar-refractivity contribution in [3.05, 3.63) is 59.2 Å². The molecule has 0 bridgehead atoms. The van der Waals surface area contributed by atoms with Gasteiger partial charge < -0.3 is 14.7 Å². The lowest BCUT2D eigenvalue weighted by atomic mass is 9.85. The molecule has 0 amide bonds. The monoisotopic (exact) mass is 327 g/mol. The van der Waals surface area contributed by atoms with Gasteiger partial charge in [0.2, 0.25) is 0 Å². The average molecular weight is 327 g/mol. The molecule has 0 unspecified atom stereocenters. The lowest BCUT2D eigenvalue weighted by Gasteiger charge is -2.24. The molecule has 4 nitrogen and oxygen atoms in total. The van der Waals surface area contributed by atoms with E-state index in [0.717, 1.165) is 16.9 Å². The summed E-state index contributed by atoms with van der Waals surface area (Å²) in [6, 6.07) is 13.6. The van der Waals surface area contributed by atoms with Crippen LogP contribution in [0.25, 0.3) is 0 Å². The Bertz CT molecular complexity index is 702. The maximum absolute atomic E-state index is 8.69. The summed E-state index contributed by atoms with van der Waals surface area (Å²) in [6.45, 7) is 9.44.